The van der Waals surface area contributed by atoms with Crippen LogP contribution in [0.3, 0.4) is 0 Å². The van der Waals surface area contributed by atoms with Crippen molar-refractivity contribution in [3.63, 3.8) is 0 Å². The van der Waals surface area contributed by atoms with E-state index in [4.69, 9.17) is 9.73 Å². The minimum absolute atomic E-state index is 0.0666. The van der Waals surface area contributed by atoms with E-state index in [1.165, 1.54) is 18.4 Å². The fourth-order valence-corrected chi connectivity index (χ4v) is 6.64. The Hall–Kier alpha value is -1.76. The van der Waals surface area contributed by atoms with Crippen molar-refractivity contribution in [2.24, 2.45) is 10.9 Å². The summed E-state index contributed by atoms with van der Waals surface area (Å²) in [6.07, 6.45) is 6.30. The molecule has 7 heteroatoms. The molecular formula is C21H31N3O3S. The molecule has 2 atom stereocenters. The first-order valence-corrected chi connectivity index (χ1v) is 12.3. The lowest BCUT2D eigenvalue weighted by atomic mass is 9.86. The zero-order valence-corrected chi connectivity index (χ0v) is 17.4. The van der Waals surface area contributed by atoms with Crippen molar-refractivity contribution < 1.29 is 13.2 Å². The van der Waals surface area contributed by atoms with E-state index in [0.717, 1.165) is 37.5 Å². The average molecular weight is 406 g/mol. The summed E-state index contributed by atoms with van der Waals surface area (Å²) in [7, 11) is -2.86. The van der Waals surface area contributed by atoms with Crippen molar-refractivity contribution in [3.8, 4) is 5.75 Å². The molecule has 2 fully saturated rings. The summed E-state index contributed by atoms with van der Waals surface area (Å²) < 4.78 is 29.9. The van der Waals surface area contributed by atoms with E-state index in [2.05, 4.69) is 28.8 Å². The molecule has 1 aromatic carbocycles. The van der Waals surface area contributed by atoms with Gasteiger partial charge in [-0.05, 0) is 51.0 Å². The number of fused-ring (bicyclic) bond motifs is 1. The summed E-state index contributed by atoms with van der Waals surface area (Å²) in [5.41, 5.74) is 1.11. The molecule has 0 radical (unpaired) electrons. The van der Waals surface area contributed by atoms with Crippen LogP contribution < -0.4 is 15.4 Å². The fourth-order valence-electron chi connectivity index (χ4n) is 4.79. The summed E-state index contributed by atoms with van der Waals surface area (Å²) in [5, 5.41) is 6.95. The maximum atomic E-state index is 11.7. The monoisotopic (exact) mass is 405 g/mol. The lowest BCUT2D eigenvalue weighted by Gasteiger charge is -2.40. The second-order valence-corrected chi connectivity index (χ2v) is 10.6. The van der Waals surface area contributed by atoms with E-state index in [1.807, 2.05) is 13.0 Å². The molecular weight excluding hydrogens is 374 g/mol. The molecule has 0 aromatic heterocycles. The van der Waals surface area contributed by atoms with Crippen LogP contribution in [-0.2, 0) is 9.84 Å². The van der Waals surface area contributed by atoms with Gasteiger partial charge < -0.3 is 15.4 Å². The first kappa shape index (κ1) is 19.6. The number of para-hydroxylation sites is 1. The number of rotatable bonds is 4. The van der Waals surface area contributed by atoms with Crippen molar-refractivity contribution in [1.82, 2.24) is 10.6 Å². The molecule has 1 saturated heterocycles. The van der Waals surface area contributed by atoms with Gasteiger partial charge in [-0.1, -0.05) is 18.2 Å². The highest BCUT2D eigenvalue weighted by molar-refractivity contribution is 7.91. The van der Waals surface area contributed by atoms with Crippen LogP contribution >= 0.6 is 0 Å². The summed E-state index contributed by atoms with van der Waals surface area (Å²) in [5.74, 6) is 2.43. The Morgan fingerprint density at radius 3 is 2.79 bits per heavy atom. The van der Waals surface area contributed by atoms with Gasteiger partial charge in [-0.25, -0.2) is 8.42 Å². The third kappa shape index (κ3) is 4.29. The summed E-state index contributed by atoms with van der Waals surface area (Å²) in [6, 6.07) is 8.42. The van der Waals surface area contributed by atoms with Crippen LogP contribution in [0.1, 0.15) is 57.1 Å². The van der Waals surface area contributed by atoms with Crippen molar-refractivity contribution in [1.29, 1.82) is 0 Å². The van der Waals surface area contributed by atoms with Crippen LogP contribution in [0.15, 0.2) is 29.3 Å². The topological polar surface area (TPSA) is 79.8 Å². The molecule has 3 aliphatic rings. The number of ether oxygens (including phenoxy) is 1. The van der Waals surface area contributed by atoms with Crippen molar-refractivity contribution in [2.45, 2.75) is 57.1 Å². The number of nitrogens with zero attached hydrogens (tertiary/aromatic N) is 1. The van der Waals surface area contributed by atoms with Crippen LogP contribution in [0, 0.1) is 5.92 Å². The Kier molecular flexibility index (Phi) is 5.54. The van der Waals surface area contributed by atoms with Crippen LogP contribution in [0.2, 0.25) is 0 Å². The third-order valence-corrected chi connectivity index (χ3v) is 8.04. The molecule has 1 spiro atoms. The number of aliphatic imine (C=N–C) groups is 1. The highest BCUT2D eigenvalue weighted by Gasteiger charge is 2.43. The largest absolute Gasteiger partial charge is 0.487 e. The summed E-state index contributed by atoms with van der Waals surface area (Å²) >= 11 is 0. The van der Waals surface area contributed by atoms with Gasteiger partial charge in [-0.15, -0.1) is 0 Å². The fraction of sp³-hybridized carbons (Fsp3) is 0.667. The lowest BCUT2D eigenvalue weighted by Crippen LogP contribution is -2.46. The van der Waals surface area contributed by atoms with Gasteiger partial charge in [0, 0.05) is 25.1 Å². The van der Waals surface area contributed by atoms with Crippen molar-refractivity contribution >= 4 is 15.8 Å². The zero-order chi connectivity index (χ0) is 19.6. The highest BCUT2D eigenvalue weighted by Crippen LogP contribution is 2.46. The molecule has 154 valence electrons. The van der Waals surface area contributed by atoms with E-state index >= 15 is 0 Å². The number of guanidine groups is 1. The number of hydrogen-bond donors (Lipinski definition) is 2. The second kappa shape index (κ2) is 7.93. The Labute approximate surface area is 168 Å². The molecule has 1 aliphatic carbocycles. The maximum Gasteiger partial charge on any atom is 0.191 e. The molecule has 2 aliphatic heterocycles. The highest BCUT2D eigenvalue weighted by atomic mass is 32.2. The number of benzene rings is 1. The first-order chi connectivity index (χ1) is 13.5. The van der Waals surface area contributed by atoms with Gasteiger partial charge in [0.25, 0.3) is 0 Å². The van der Waals surface area contributed by atoms with E-state index in [9.17, 15) is 8.42 Å². The first-order valence-electron chi connectivity index (χ1n) is 10.5. The molecule has 6 nitrogen and oxygen atoms in total. The number of sulfone groups is 1. The van der Waals surface area contributed by atoms with Crippen LogP contribution in [-0.4, -0.2) is 44.6 Å². The Morgan fingerprint density at radius 2 is 2.07 bits per heavy atom. The predicted octanol–water partition coefficient (Wildman–Crippen LogP) is 2.81. The molecule has 1 aromatic rings. The van der Waals surface area contributed by atoms with Crippen LogP contribution in [0.25, 0.3) is 0 Å². The molecule has 1 saturated carbocycles. The third-order valence-electron chi connectivity index (χ3n) is 6.20. The van der Waals surface area contributed by atoms with Crippen LogP contribution in [0.4, 0.5) is 0 Å². The standard InChI is InChI=1S/C21H31N3O3S/c1-2-22-20(23-14-16-9-12-28(25,26)15-16)24-18-13-21(10-5-6-11-21)27-19-8-4-3-7-17(18)19/h3-4,7-8,16,18H,2,5-6,9-15H2,1H3,(H2,22,23,24). The summed E-state index contributed by atoms with van der Waals surface area (Å²) in [6.45, 7) is 3.36. The van der Waals surface area contributed by atoms with Gasteiger partial charge in [-0.2, -0.15) is 0 Å². The van der Waals surface area contributed by atoms with Gasteiger partial charge >= 0.3 is 0 Å². The average Bonchev–Trinajstić information content (AvgIpc) is 3.25. The van der Waals surface area contributed by atoms with Gasteiger partial charge in [0.2, 0.25) is 0 Å². The molecule has 2 N–H and O–H groups in total. The van der Waals surface area contributed by atoms with Gasteiger partial charge in [-0.3, -0.25) is 4.99 Å². The van der Waals surface area contributed by atoms with Gasteiger partial charge in [0.15, 0.2) is 15.8 Å². The predicted molar refractivity (Wildman–Crippen MR) is 112 cm³/mol. The van der Waals surface area contributed by atoms with E-state index in [1.54, 1.807) is 0 Å². The van der Waals surface area contributed by atoms with Crippen molar-refractivity contribution in [2.75, 3.05) is 24.6 Å². The van der Waals surface area contributed by atoms with E-state index < -0.39 is 9.84 Å². The second-order valence-electron chi connectivity index (χ2n) is 8.42. The minimum Gasteiger partial charge on any atom is -0.487 e. The summed E-state index contributed by atoms with van der Waals surface area (Å²) in [4.78, 5) is 4.73. The molecule has 2 unspecified atom stereocenters. The Balaban J connectivity index is 1.51. The maximum absolute atomic E-state index is 11.7. The molecule has 28 heavy (non-hydrogen) atoms. The zero-order valence-electron chi connectivity index (χ0n) is 16.6. The lowest BCUT2D eigenvalue weighted by molar-refractivity contribution is 0.0396. The van der Waals surface area contributed by atoms with Gasteiger partial charge in [0.1, 0.15) is 11.4 Å². The Bertz CT molecular complexity index is 831. The van der Waals surface area contributed by atoms with E-state index in [0.29, 0.717) is 18.7 Å². The van der Waals surface area contributed by atoms with Gasteiger partial charge in [0.05, 0.1) is 17.5 Å². The molecule has 0 amide bonds. The smallest absolute Gasteiger partial charge is 0.191 e. The normalized spacial score (nSPS) is 28.0. The van der Waals surface area contributed by atoms with E-state index in [-0.39, 0.29) is 23.3 Å². The quantitative estimate of drug-likeness (QED) is 0.595. The minimum atomic E-state index is -2.86. The SMILES string of the molecule is CCNC(=NCC1CCS(=O)(=O)C1)NC1CC2(CCCC2)Oc2ccccc21. The van der Waals surface area contributed by atoms with Crippen LogP contribution in [0.5, 0.6) is 5.75 Å². The van der Waals surface area contributed by atoms with Crippen molar-refractivity contribution in [3.05, 3.63) is 29.8 Å². The number of hydrogen-bond acceptors (Lipinski definition) is 4. The molecule has 4 rings (SSSR count). The molecule has 0 bridgehead atoms. The Morgan fingerprint density at radius 1 is 1.29 bits per heavy atom. The molecule has 2 heterocycles. The number of nitrogens with one attached hydrogen (secondary N) is 2.